The lowest BCUT2D eigenvalue weighted by Crippen LogP contribution is -1.95. The van der Waals surface area contributed by atoms with Crippen LogP contribution in [0.2, 0.25) is 0 Å². The molecule has 3 aromatic rings. The summed E-state index contributed by atoms with van der Waals surface area (Å²) in [6, 6.07) is 9.90. The molecule has 1 aromatic carbocycles. The van der Waals surface area contributed by atoms with Crippen molar-refractivity contribution in [3.63, 3.8) is 0 Å². The van der Waals surface area contributed by atoms with Gasteiger partial charge in [-0.15, -0.1) is 0 Å². The summed E-state index contributed by atoms with van der Waals surface area (Å²) in [5.41, 5.74) is 1.91. The highest BCUT2D eigenvalue weighted by Gasteiger charge is 2.05. The topological polar surface area (TPSA) is 46.5 Å². The maximum absolute atomic E-state index is 5.15. The SMILES string of the molecule is S=c1[nH]ncc2c1cnn2-c1ccccc1. The quantitative estimate of drug-likeness (QED) is 0.651. The molecule has 78 valence electrons. The molecular weight excluding hydrogens is 220 g/mol. The molecule has 2 heterocycles. The van der Waals surface area contributed by atoms with E-state index in [0.717, 1.165) is 16.6 Å². The summed E-state index contributed by atoms with van der Waals surface area (Å²) in [4.78, 5) is 0. The van der Waals surface area contributed by atoms with Gasteiger partial charge in [-0.05, 0) is 12.1 Å². The fourth-order valence-corrected chi connectivity index (χ4v) is 1.85. The molecule has 0 aliphatic heterocycles. The molecule has 1 N–H and O–H groups in total. The van der Waals surface area contributed by atoms with Crippen molar-refractivity contribution >= 4 is 23.1 Å². The van der Waals surface area contributed by atoms with Crippen LogP contribution in [0.1, 0.15) is 0 Å². The van der Waals surface area contributed by atoms with Crippen molar-refractivity contribution in [1.82, 2.24) is 20.0 Å². The first-order valence-corrected chi connectivity index (χ1v) is 5.24. The maximum atomic E-state index is 5.15. The molecular formula is C11H8N4S. The van der Waals surface area contributed by atoms with Gasteiger partial charge in [0, 0.05) is 0 Å². The number of nitrogens with one attached hydrogen (secondary N) is 1. The van der Waals surface area contributed by atoms with Crippen LogP contribution in [-0.2, 0) is 0 Å². The molecule has 16 heavy (non-hydrogen) atoms. The summed E-state index contributed by atoms with van der Waals surface area (Å²) < 4.78 is 2.44. The monoisotopic (exact) mass is 228 g/mol. The van der Waals surface area contributed by atoms with E-state index in [4.69, 9.17) is 12.2 Å². The Balaban J connectivity index is 2.34. The van der Waals surface area contributed by atoms with Crippen molar-refractivity contribution in [2.75, 3.05) is 0 Å². The van der Waals surface area contributed by atoms with Gasteiger partial charge in [0.15, 0.2) is 0 Å². The van der Waals surface area contributed by atoms with Gasteiger partial charge in [-0.3, -0.25) is 5.10 Å². The van der Waals surface area contributed by atoms with Crippen molar-refractivity contribution in [3.05, 3.63) is 47.4 Å². The Hall–Kier alpha value is -2.01. The highest BCUT2D eigenvalue weighted by atomic mass is 32.1. The number of rotatable bonds is 1. The lowest BCUT2D eigenvalue weighted by Gasteiger charge is -2.01. The molecule has 0 spiro atoms. The lowest BCUT2D eigenvalue weighted by atomic mass is 10.3. The molecule has 2 aromatic heterocycles. The lowest BCUT2D eigenvalue weighted by molar-refractivity contribution is 0.904. The Kier molecular flexibility index (Phi) is 2.04. The van der Waals surface area contributed by atoms with Crippen molar-refractivity contribution in [3.8, 4) is 5.69 Å². The first-order chi connectivity index (χ1) is 7.86. The highest BCUT2D eigenvalue weighted by Crippen LogP contribution is 2.16. The third-order valence-corrected chi connectivity index (χ3v) is 2.72. The van der Waals surface area contributed by atoms with Crippen molar-refractivity contribution in [2.24, 2.45) is 0 Å². The first kappa shape index (κ1) is 9.23. The van der Waals surface area contributed by atoms with E-state index in [2.05, 4.69) is 15.3 Å². The predicted octanol–water partition coefficient (Wildman–Crippen LogP) is 2.48. The van der Waals surface area contributed by atoms with E-state index >= 15 is 0 Å². The second-order valence-electron chi connectivity index (χ2n) is 3.39. The molecule has 0 aliphatic carbocycles. The van der Waals surface area contributed by atoms with Crippen LogP contribution >= 0.6 is 12.2 Å². The minimum atomic E-state index is 0.611. The molecule has 0 atom stereocenters. The van der Waals surface area contributed by atoms with E-state index in [-0.39, 0.29) is 0 Å². The molecule has 4 nitrogen and oxygen atoms in total. The summed E-state index contributed by atoms with van der Waals surface area (Å²) in [6.45, 7) is 0. The van der Waals surface area contributed by atoms with E-state index in [1.165, 1.54) is 0 Å². The zero-order valence-corrected chi connectivity index (χ0v) is 9.11. The van der Waals surface area contributed by atoms with E-state index in [9.17, 15) is 0 Å². The predicted molar refractivity (Wildman–Crippen MR) is 64.0 cm³/mol. The Morgan fingerprint density at radius 1 is 1.12 bits per heavy atom. The molecule has 0 fully saturated rings. The van der Waals surface area contributed by atoms with Gasteiger partial charge < -0.3 is 0 Å². The Morgan fingerprint density at radius 3 is 2.75 bits per heavy atom. The summed E-state index contributed by atoms with van der Waals surface area (Å²) >= 11 is 5.15. The maximum Gasteiger partial charge on any atom is 0.130 e. The van der Waals surface area contributed by atoms with Gasteiger partial charge in [0.2, 0.25) is 0 Å². The van der Waals surface area contributed by atoms with Gasteiger partial charge in [0.05, 0.1) is 29.0 Å². The normalized spacial score (nSPS) is 10.8. The summed E-state index contributed by atoms with van der Waals surface area (Å²) in [6.07, 6.45) is 3.48. The van der Waals surface area contributed by atoms with E-state index < -0.39 is 0 Å². The summed E-state index contributed by atoms with van der Waals surface area (Å²) in [5.74, 6) is 0. The van der Waals surface area contributed by atoms with Gasteiger partial charge in [-0.1, -0.05) is 30.4 Å². The van der Waals surface area contributed by atoms with Crippen LogP contribution in [0.3, 0.4) is 0 Å². The molecule has 0 saturated heterocycles. The summed E-state index contributed by atoms with van der Waals surface area (Å²) in [7, 11) is 0. The fourth-order valence-electron chi connectivity index (χ4n) is 1.64. The van der Waals surface area contributed by atoms with Crippen LogP contribution in [0.25, 0.3) is 16.6 Å². The number of hydrogen-bond acceptors (Lipinski definition) is 3. The molecule has 0 amide bonds. The number of nitrogens with zero attached hydrogens (tertiary/aromatic N) is 3. The summed E-state index contributed by atoms with van der Waals surface area (Å²) in [5, 5.41) is 12.0. The zero-order valence-electron chi connectivity index (χ0n) is 8.29. The minimum Gasteiger partial charge on any atom is -0.267 e. The van der Waals surface area contributed by atoms with E-state index in [0.29, 0.717) is 4.64 Å². The second-order valence-corrected chi connectivity index (χ2v) is 3.80. The molecule has 0 unspecified atom stereocenters. The Bertz CT molecular complexity index is 684. The van der Waals surface area contributed by atoms with Crippen LogP contribution < -0.4 is 0 Å². The van der Waals surface area contributed by atoms with Crippen LogP contribution in [-0.4, -0.2) is 20.0 Å². The molecule has 5 heteroatoms. The Morgan fingerprint density at radius 2 is 1.94 bits per heavy atom. The fraction of sp³-hybridized carbons (Fsp3) is 0. The number of benzene rings is 1. The van der Waals surface area contributed by atoms with Crippen LogP contribution in [0, 0.1) is 4.64 Å². The number of aromatic nitrogens is 4. The molecule has 0 aliphatic rings. The third kappa shape index (κ3) is 1.33. The number of H-pyrrole nitrogens is 1. The van der Waals surface area contributed by atoms with Crippen LogP contribution in [0.4, 0.5) is 0 Å². The van der Waals surface area contributed by atoms with Crippen LogP contribution in [0.5, 0.6) is 0 Å². The largest absolute Gasteiger partial charge is 0.267 e. The standard InChI is InChI=1S/C11H8N4S/c16-11-9-6-13-15(10(9)7-12-14-11)8-4-2-1-3-5-8/h1-7H,(H,14,16). The smallest absolute Gasteiger partial charge is 0.130 e. The van der Waals surface area contributed by atoms with Crippen molar-refractivity contribution in [1.29, 1.82) is 0 Å². The number of para-hydroxylation sites is 1. The minimum absolute atomic E-state index is 0.611. The zero-order chi connectivity index (χ0) is 11.0. The number of hydrogen-bond donors (Lipinski definition) is 1. The number of aromatic amines is 1. The van der Waals surface area contributed by atoms with Crippen LogP contribution in [0.15, 0.2) is 42.7 Å². The van der Waals surface area contributed by atoms with Gasteiger partial charge in [-0.2, -0.15) is 10.2 Å². The van der Waals surface area contributed by atoms with Gasteiger partial charge in [0.25, 0.3) is 0 Å². The van der Waals surface area contributed by atoms with E-state index in [1.54, 1.807) is 12.4 Å². The van der Waals surface area contributed by atoms with Crippen molar-refractivity contribution < 1.29 is 0 Å². The highest BCUT2D eigenvalue weighted by molar-refractivity contribution is 7.71. The molecule has 0 radical (unpaired) electrons. The van der Waals surface area contributed by atoms with E-state index in [1.807, 2.05) is 35.0 Å². The van der Waals surface area contributed by atoms with Gasteiger partial charge in [-0.25, -0.2) is 4.68 Å². The Labute approximate surface area is 96.5 Å². The van der Waals surface area contributed by atoms with Crippen molar-refractivity contribution in [2.45, 2.75) is 0 Å². The molecule has 0 saturated carbocycles. The van der Waals surface area contributed by atoms with Gasteiger partial charge in [0.1, 0.15) is 4.64 Å². The molecule has 0 bridgehead atoms. The average Bonchev–Trinajstić information content (AvgIpc) is 2.75. The third-order valence-electron chi connectivity index (χ3n) is 2.40. The average molecular weight is 228 g/mol. The molecule has 3 rings (SSSR count). The second kappa shape index (κ2) is 3.53. The first-order valence-electron chi connectivity index (χ1n) is 4.83. The number of fused-ring (bicyclic) bond motifs is 1. The van der Waals surface area contributed by atoms with Gasteiger partial charge >= 0.3 is 0 Å².